The molecule has 0 unspecified atom stereocenters. The lowest BCUT2D eigenvalue weighted by Crippen LogP contribution is -2.46. The maximum atomic E-state index is 14.0. The molecule has 0 radical (unpaired) electrons. The summed E-state index contributed by atoms with van der Waals surface area (Å²) in [7, 11) is 1.23. The molecule has 2 heterocycles. The predicted octanol–water partition coefficient (Wildman–Crippen LogP) is 5.27. The van der Waals surface area contributed by atoms with E-state index in [-0.39, 0.29) is 39.2 Å². The largest absolute Gasteiger partial charge is 0.508 e. The number of benzene rings is 1. The Morgan fingerprint density at radius 1 is 1.07 bits per heavy atom. The number of phenolic OH excluding ortho intramolecular Hbond substituents is 1. The summed E-state index contributed by atoms with van der Waals surface area (Å²) in [5, 5.41) is 12.2. The molecule has 0 saturated carbocycles. The molecule has 2 aromatic rings. The molecule has 42 heavy (non-hydrogen) atoms. The summed E-state index contributed by atoms with van der Waals surface area (Å²) < 4.78 is 40.2. The highest BCUT2D eigenvalue weighted by atomic mass is 79.9. The van der Waals surface area contributed by atoms with Crippen LogP contribution in [0, 0.1) is 17.8 Å². The van der Waals surface area contributed by atoms with Crippen molar-refractivity contribution >= 4 is 56.7 Å². The third-order valence-electron chi connectivity index (χ3n) is 8.28. The first kappa shape index (κ1) is 28.4. The lowest BCUT2D eigenvalue weighted by atomic mass is 9.59. The summed E-state index contributed by atoms with van der Waals surface area (Å²) in [6.07, 6.45) is -1.75. The van der Waals surface area contributed by atoms with Gasteiger partial charge in [0, 0.05) is 35.8 Å². The average Bonchev–Trinajstić information content (AvgIpc) is 3.20. The number of fused-ring (bicyclic) bond motifs is 3. The molecule has 216 valence electrons. The number of rotatable bonds is 3. The number of para-hydroxylation sites is 1. The first-order valence-corrected chi connectivity index (χ1v) is 14.0. The van der Waals surface area contributed by atoms with Crippen molar-refractivity contribution in [2.45, 2.75) is 24.9 Å². The average molecular weight is 663 g/mol. The number of phenols is 1. The van der Waals surface area contributed by atoms with Gasteiger partial charge >= 0.3 is 6.18 Å². The third-order valence-corrected chi connectivity index (χ3v) is 9.16. The van der Waals surface area contributed by atoms with E-state index in [0.29, 0.717) is 17.2 Å². The summed E-state index contributed by atoms with van der Waals surface area (Å²) in [4.78, 5) is 57.8. The minimum Gasteiger partial charge on any atom is -0.508 e. The molecule has 1 aliphatic heterocycles. The Morgan fingerprint density at radius 2 is 1.79 bits per heavy atom. The number of amides is 2. The van der Waals surface area contributed by atoms with Crippen LogP contribution in [0.1, 0.15) is 30.0 Å². The van der Waals surface area contributed by atoms with E-state index in [1.165, 1.54) is 19.2 Å². The van der Waals surface area contributed by atoms with E-state index in [0.717, 1.165) is 16.1 Å². The number of hydrazine groups is 1. The van der Waals surface area contributed by atoms with Crippen molar-refractivity contribution < 1.29 is 37.5 Å². The first-order chi connectivity index (χ1) is 19.8. The molecule has 6 rings (SSSR count). The molecule has 1 saturated heterocycles. The van der Waals surface area contributed by atoms with Crippen LogP contribution < -0.4 is 5.01 Å². The topological polar surface area (TPSA) is 108 Å². The van der Waals surface area contributed by atoms with Crippen LogP contribution in [0.5, 0.6) is 5.75 Å². The fourth-order valence-corrected chi connectivity index (χ4v) is 7.16. The summed E-state index contributed by atoms with van der Waals surface area (Å²) in [5.74, 6) is -6.13. The molecular weight excluding hydrogens is 643 g/mol. The van der Waals surface area contributed by atoms with Crippen molar-refractivity contribution in [1.82, 2.24) is 9.99 Å². The number of carbonyl (C=O) groups is 4. The Morgan fingerprint density at radius 3 is 2.48 bits per heavy atom. The minimum absolute atomic E-state index is 0.0148. The summed E-state index contributed by atoms with van der Waals surface area (Å²) >= 11 is 9.31. The molecule has 1 aromatic heterocycles. The van der Waals surface area contributed by atoms with Crippen LogP contribution >= 0.6 is 27.5 Å². The maximum absolute atomic E-state index is 14.0. The van der Waals surface area contributed by atoms with Gasteiger partial charge in [0.2, 0.25) is 0 Å². The fraction of sp³-hybridized carbons (Fsp3) is 0.276. The van der Waals surface area contributed by atoms with Gasteiger partial charge in [0.15, 0.2) is 17.4 Å². The number of anilines is 1. The normalized spacial score (nSPS) is 25.6. The van der Waals surface area contributed by atoms with Crippen LogP contribution in [0.2, 0.25) is 5.02 Å². The zero-order chi connectivity index (χ0) is 30.2. The Labute approximate surface area is 250 Å². The standard InChI is InChI=1S/C29H20BrClF3N3O5/c1-36(26-18(31)8-9-21(35-26)29(32,33)34)37-27(41)14-7-6-12-15(23(14)28(37)42)10-16-24(20(39)11-17(30)25(16)40)22(12)13-4-2-3-5-19(13)38/h2-6,8-9,11,14-15,22-23,38H,7,10H2,1H3/t14-,15+,22+,23-/m0/s1. The number of aromatic nitrogens is 1. The molecule has 8 nitrogen and oxygen atoms in total. The minimum atomic E-state index is -4.79. The van der Waals surface area contributed by atoms with Gasteiger partial charge in [-0.1, -0.05) is 41.4 Å². The van der Waals surface area contributed by atoms with Gasteiger partial charge in [-0.05, 0) is 52.9 Å². The number of ketones is 2. The van der Waals surface area contributed by atoms with Gasteiger partial charge in [-0.25, -0.2) is 4.98 Å². The van der Waals surface area contributed by atoms with E-state index in [1.54, 1.807) is 24.3 Å². The lowest BCUT2D eigenvalue weighted by molar-refractivity contribution is -0.141. The molecule has 13 heteroatoms. The Balaban J connectivity index is 1.44. The fourth-order valence-electron chi connectivity index (χ4n) is 6.48. The zero-order valence-electron chi connectivity index (χ0n) is 21.7. The number of nitrogens with zero attached hydrogens (tertiary/aromatic N) is 3. The molecule has 4 atom stereocenters. The number of allylic oxidation sites excluding steroid dienone is 6. The monoisotopic (exact) mass is 661 g/mol. The highest BCUT2D eigenvalue weighted by molar-refractivity contribution is 9.12. The van der Waals surface area contributed by atoms with Gasteiger partial charge in [0.25, 0.3) is 11.8 Å². The second-order valence-corrected chi connectivity index (χ2v) is 11.7. The molecule has 3 aliphatic carbocycles. The molecule has 1 fully saturated rings. The van der Waals surface area contributed by atoms with Gasteiger partial charge in [0.1, 0.15) is 11.4 Å². The van der Waals surface area contributed by atoms with Crippen LogP contribution in [-0.2, 0) is 25.4 Å². The summed E-state index contributed by atoms with van der Waals surface area (Å²) in [6.45, 7) is 0. The van der Waals surface area contributed by atoms with Crippen LogP contribution in [0.25, 0.3) is 0 Å². The van der Waals surface area contributed by atoms with E-state index < -0.39 is 64.7 Å². The van der Waals surface area contributed by atoms with Crippen molar-refractivity contribution in [3.63, 3.8) is 0 Å². The number of imide groups is 1. The molecule has 1 N–H and O–H groups in total. The second kappa shape index (κ2) is 9.91. The van der Waals surface area contributed by atoms with Gasteiger partial charge < -0.3 is 5.11 Å². The lowest BCUT2D eigenvalue weighted by Gasteiger charge is -2.42. The molecule has 0 spiro atoms. The SMILES string of the molecule is CN(c1nc(C(F)(F)F)ccc1Cl)N1C(=O)[C@H]2[C@H](CC=C3[C@H](c4ccccc4O)C4=C(C[C@H]32)C(=O)C(Br)=CC4=O)C1=O. The number of halogens is 5. The predicted molar refractivity (Wildman–Crippen MR) is 147 cm³/mol. The first-order valence-electron chi connectivity index (χ1n) is 12.8. The zero-order valence-corrected chi connectivity index (χ0v) is 24.0. The van der Waals surface area contributed by atoms with Crippen molar-refractivity contribution in [2.24, 2.45) is 17.8 Å². The maximum Gasteiger partial charge on any atom is 0.433 e. The molecule has 4 aliphatic rings. The number of hydrogen-bond acceptors (Lipinski definition) is 7. The second-order valence-electron chi connectivity index (χ2n) is 10.5. The van der Waals surface area contributed by atoms with Crippen LogP contribution in [0.3, 0.4) is 0 Å². The van der Waals surface area contributed by atoms with Crippen LogP contribution in [0.15, 0.2) is 69.8 Å². The Kier molecular flexibility index (Phi) is 6.69. The molecular formula is C29H20BrClF3N3O5. The Bertz CT molecular complexity index is 1700. The van der Waals surface area contributed by atoms with E-state index in [4.69, 9.17) is 11.6 Å². The highest BCUT2D eigenvalue weighted by Gasteiger charge is 2.58. The number of aromatic hydroxyl groups is 1. The number of Topliss-reactive ketones (excluding diaryl/α,β-unsaturated/α-hetero) is 1. The molecule has 0 bridgehead atoms. The van der Waals surface area contributed by atoms with Gasteiger partial charge in [-0.3, -0.25) is 24.2 Å². The quantitative estimate of drug-likeness (QED) is 0.271. The van der Waals surface area contributed by atoms with Crippen LogP contribution in [0.4, 0.5) is 19.0 Å². The van der Waals surface area contributed by atoms with Crippen molar-refractivity contribution in [2.75, 3.05) is 12.1 Å². The summed E-state index contributed by atoms with van der Waals surface area (Å²) in [6, 6.07) is 8.07. The summed E-state index contributed by atoms with van der Waals surface area (Å²) in [5.41, 5.74) is 0.129. The number of alkyl halides is 3. The van der Waals surface area contributed by atoms with Gasteiger partial charge in [0.05, 0.1) is 21.3 Å². The number of pyridine rings is 1. The van der Waals surface area contributed by atoms with Crippen molar-refractivity contribution in [3.8, 4) is 5.75 Å². The van der Waals surface area contributed by atoms with Crippen molar-refractivity contribution in [3.05, 3.63) is 86.0 Å². The Hall–Kier alpha value is -3.77. The number of carbonyl (C=O) groups excluding carboxylic acids is 4. The number of hydrogen-bond donors (Lipinski definition) is 1. The van der Waals surface area contributed by atoms with Gasteiger partial charge in [-0.2, -0.15) is 18.2 Å². The third kappa shape index (κ3) is 4.22. The smallest absolute Gasteiger partial charge is 0.433 e. The van der Waals surface area contributed by atoms with E-state index in [2.05, 4.69) is 20.9 Å². The van der Waals surface area contributed by atoms with Crippen molar-refractivity contribution in [1.29, 1.82) is 0 Å². The van der Waals surface area contributed by atoms with E-state index in [9.17, 15) is 37.5 Å². The van der Waals surface area contributed by atoms with Crippen LogP contribution in [-0.4, -0.2) is 45.5 Å². The molecule has 2 amide bonds. The van der Waals surface area contributed by atoms with Gasteiger partial charge in [-0.15, -0.1) is 0 Å². The van der Waals surface area contributed by atoms with E-state index in [1.807, 2.05) is 0 Å². The van der Waals surface area contributed by atoms with E-state index >= 15 is 0 Å². The molecule has 1 aromatic carbocycles. The highest BCUT2D eigenvalue weighted by Crippen LogP contribution is 2.56.